The summed E-state index contributed by atoms with van der Waals surface area (Å²) in [5.41, 5.74) is 2.33. The standard InChI is InChI=1S/C19H18N2O4/c1-3-25-19(23)12-4-6-14(7-5-12)20-18(22)17-11-13-10-15(24-2)8-9-16(13)21-17/h4-11,21H,3H2,1-2H3,(H,20,22). The molecule has 0 saturated carbocycles. The number of benzene rings is 2. The number of rotatable bonds is 5. The topological polar surface area (TPSA) is 80.4 Å². The van der Waals surface area contributed by atoms with Crippen LogP contribution in [0.25, 0.3) is 10.9 Å². The second-order valence-electron chi connectivity index (χ2n) is 5.39. The highest BCUT2D eigenvalue weighted by molar-refractivity contribution is 6.06. The van der Waals surface area contributed by atoms with Gasteiger partial charge in [0.15, 0.2) is 0 Å². The fourth-order valence-electron chi connectivity index (χ4n) is 2.46. The predicted octanol–water partition coefficient (Wildman–Crippen LogP) is 3.61. The maximum Gasteiger partial charge on any atom is 0.338 e. The summed E-state index contributed by atoms with van der Waals surface area (Å²) in [6, 6.07) is 13.9. The number of nitrogens with one attached hydrogen (secondary N) is 2. The van der Waals surface area contributed by atoms with Crippen LogP contribution < -0.4 is 10.1 Å². The number of amides is 1. The molecule has 0 aliphatic rings. The van der Waals surface area contributed by atoms with Gasteiger partial charge in [0, 0.05) is 16.6 Å². The van der Waals surface area contributed by atoms with E-state index in [0.717, 1.165) is 16.7 Å². The van der Waals surface area contributed by atoms with E-state index < -0.39 is 0 Å². The van der Waals surface area contributed by atoms with Crippen molar-refractivity contribution in [2.24, 2.45) is 0 Å². The van der Waals surface area contributed by atoms with Gasteiger partial charge in [0.1, 0.15) is 11.4 Å². The van der Waals surface area contributed by atoms with Gasteiger partial charge in [0.25, 0.3) is 5.91 Å². The van der Waals surface area contributed by atoms with Gasteiger partial charge < -0.3 is 19.8 Å². The summed E-state index contributed by atoms with van der Waals surface area (Å²) in [4.78, 5) is 27.1. The normalized spacial score (nSPS) is 10.5. The molecule has 0 aliphatic heterocycles. The van der Waals surface area contributed by atoms with Gasteiger partial charge in [-0.3, -0.25) is 4.79 Å². The van der Waals surface area contributed by atoms with E-state index >= 15 is 0 Å². The Morgan fingerprint density at radius 2 is 1.84 bits per heavy atom. The molecule has 25 heavy (non-hydrogen) atoms. The van der Waals surface area contributed by atoms with Crippen LogP contribution in [0.15, 0.2) is 48.5 Å². The van der Waals surface area contributed by atoms with E-state index in [4.69, 9.17) is 9.47 Å². The summed E-state index contributed by atoms with van der Waals surface area (Å²) in [6.45, 7) is 2.07. The molecule has 6 heteroatoms. The number of aromatic nitrogens is 1. The number of ether oxygens (including phenoxy) is 2. The molecule has 0 fully saturated rings. The molecule has 1 heterocycles. The lowest BCUT2D eigenvalue weighted by Gasteiger charge is -2.05. The first-order valence-corrected chi connectivity index (χ1v) is 7.86. The molecule has 128 valence electrons. The summed E-state index contributed by atoms with van der Waals surface area (Å²) in [6.07, 6.45) is 0. The summed E-state index contributed by atoms with van der Waals surface area (Å²) >= 11 is 0. The van der Waals surface area contributed by atoms with Gasteiger partial charge in [-0.2, -0.15) is 0 Å². The maximum atomic E-state index is 12.4. The van der Waals surface area contributed by atoms with Crippen LogP contribution in [-0.4, -0.2) is 30.6 Å². The number of fused-ring (bicyclic) bond motifs is 1. The van der Waals surface area contributed by atoms with Crippen molar-refractivity contribution in [1.29, 1.82) is 0 Å². The minimum Gasteiger partial charge on any atom is -0.497 e. The molecule has 0 aliphatic carbocycles. The Bertz CT molecular complexity index is 913. The Balaban J connectivity index is 1.74. The molecule has 0 unspecified atom stereocenters. The molecule has 0 atom stereocenters. The van der Waals surface area contributed by atoms with E-state index in [1.54, 1.807) is 44.4 Å². The lowest BCUT2D eigenvalue weighted by atomic mass is 10.2. The van der Waals surface area contributed by atoms with E-state index in [9.17, 15) is 9.59 Å². The maximum absolute atomic E-state index is 12.4. The van der Waals surface area contributed by atoms with Gasteiger partial charge in [-0.1, -0.05) is 0 Å². The molecule has 2 aromatic carbocycles. The molecule has 2 N–H and O–H groups in total. The lowest BCUT2D eigenvalue weighted by Crippen LogP contribution is -2.12. The first-order chi connectivity index (χ1) is 12.1. The van der Waals surface area contributed by atoms with Crippen molar-refractivity contribution in [3.63, 3.8) is 0 Å². The smallest absolute Gasteiger partial charge is 0.338 e. The molecule has 3 rings (SSSR count). The van der Waals surface area contributed by atoms with Crippen molar-refractivity contribution in [1.82, 2.24) is 4.98 Å². The minimum absolute atomic E-state index is 0.265. The molecular weight excluding hydrogens is 320 g/mol. The fourth-order valence-corrected chi connectivity index (χ4v) is 2.46. The van der Waals surface area contributed by atoms with Crippen molar-refractivity contribution >= 4 is 28.5 Å². The molecule has 0 bridgehead atoms. The molecular formula is C19H18N2O4. The Kier molecular flexibility index (Phi) is 4.70. The third-order valence-electron chi connectivity index (χ3n) is 3.73. The molecule has 3 aromatic rings. The molecule has 0 saturated heterocycles. The van der Waals surface area contributed by atoms with E-state index in [1.165, 1.54) is 0 Å². The van der Waals surface area contributed by atoms with Crippen molar-refractivity contribution in [2.75, 3.05) is 19.0 Å². The molecule has 6 nitrogen and oxygen atoms in total. The third-order valence-corrected chi connectivity index (χ3v) is 3.73. The van der Waals surface area contributed by atoms with Gasteiger partial charge in [-0.25, -0.2) is 4.79 Å². The van der Waals surface area contributed by atoms with Crippen LogP contribution in [0.2, 0.25) is 0 Å². The summed E-state index contributed by atoms with van der Waals surface area (Å²) in [5, 5.41) is 3.68. The van der Waals surface area contributed by atoms with Crippen LogP contribution in [0.4, 0.5) is 5.69 Å². The number of carbonyl (C=O) groups excluding carboxylic acids is 2. The van der Waals surface area contributed by atoms with Crippen LogP contribution in [-0.2, 0) is 4.74 Å². The monoisotopic (exact) mass is 338 g/mol. The van der Waals surface area contributed by atoms with Crippen LogP contribution in [0.5, 0.6) is 5.75 Å². The fraction of sp³-hybridized carbons (Fsp3) is 0.158. The van der Waals surface area contributed by atoms with E-state index in [-0.39, 0.29) is 11.9 Å². The first kappa shape index (κ1) is 16.6. The van der Waals surface area contributed by atoms with Crippen molar-refractivity contribution in [2.45, 2.75) is 6.92 Å². The zero-order chi connectivity index (χ0) is 17.8. The number of esters is 1. The van der Waals surface area contributed by atoms with Crippen molar-refractivity contribution < 1.29 is 19.1 Å². The van der Waals surface area contributed by atoms with Crippen molar-refractivity contribution in [3.8, 4) is 5.75 Å². The van der Waals surface area contributed by atoms with E-state index in [0.29, 0.717) is 23.6 Å². The average molecular weight is 338 g/mol. The summed E-state index contributed by atoms with van der Waals surface area (Å²) < 4.78 is 10.1. The average Bonchev–Trinajstić information content (AvgIpc) is 3.05. The van der Waals surface area contributed by atoms with Gasteiger partial charge >= 0.3 is 5.97 Å². The quantitative estimate of drug-likeness (QED) is 0.697. The number of carbonyl (C=O) groups is 2. The van der Waals surface area contributed by atoms with Gasteiger partial charge in [-0.05, 0) is 55.5 Å². The highest BCUT2D eigenvalue weighted by Gasteiger charge is 2.11. The number of anilines is 1. The number of hydrogen-bond donors (Lipinski definition) is 2. The molecule has 0 spiro atoms. The molecule has 1 aromatic heterocycles. The van der Waals surface area contributed by atoms with Crippen LogP contribution in [0.1, 0.15) is 27.8 Å². The van der Waals surface area contributed by atoms with Crippen LogP contribution in [0, 0.1) is 0 Å². The molecule has 0 radical (unpaired) electrons. The second kappa shape index (κ2) is 7.09. The minimum atomic E-state index is -0.384. The largest absolute Gasteiger partial charge is 0.497 e. The van der Waals surface area contributed by atoms with Crippen molar-refractivity contribution in [3.05, 3.63) is 59.8 Å². The Morgan fingerprint density at radius 1 is 1.08 bits per heavy atom. The highest BCUT2D eigenvalue weighted by Crippen LogP contribution is 2.22. The SMILES string of the molecule is CCOC(=O)c1ccc(NC(=O)c2cc3cc(OC)ccc3[nH]2)cc1. The zero-order valence-corrected chi connectivity index (χ0v) is 14.0. The van der Waals surface area contributed by atoms with Gasteiger partial charge in [0.05, 0.1) is 19.3 Å². The third kappa shape index (κ3) is 3.63. The number of hydrogen-bond acceptors (Lipinski definition) is 4. The van der Waals surface area contributed by atoms with Gasteiger partial charge in [0.2, 0.25) is 0 Å². The zero-order valence-electron chi connectivity index (χ0n) is 14.0. The van der Waals surface area contributed by atoms with Crippen LogP contribution in [0.3, 0.4) is 0 Å². The first-order valence-electron chi connectivity index (χ1n) is 7.86. The molecule has 1 amide bonds. The van der Waals surface area contributed by atoms with Crippen LogP contribution >= 0.6 is 0 Å². The Morgan fingerprint density at radius 3 is 2.52 bits per heavy atom. The summed E-state index contributed by atoms with van der Waals surface area (Å²) in [7, 11) is 1.60. The second-order valence-corrected chi connectivity index (χ2v) is 5.39. The van der Waals surface area contributed by atoms with Gasteiger partial charge in [-0.15, -0.1) is 0 Å². The number of H-pyrrole nitrogens is 1. The lowest BCUT2D eigenvalue weighted by molar-refractivity contribution is 0.0526. The Hall–Kier alpha value is -3.28. The Labute approximate surface area is 144 Å². The number of methoxy groups -OCH3 is 1. The van der Waals surface area contributed by atoms with E-state index in [1.807, 2.05) is 18.2 Å². The predicted molar refractivity (Wildman–Crippen MR) is 95.2 cm³/mol. The number of aromatic amines is 1. The summed E-state index contributed by atoms with van der Waals surface area (Å²) in [5.74, 6) is 0.0806. The highest BCUT2D eigenvalue weighted by atomic mass is 16.5. The van der Waals surface area contributed by atoms with E-state index in [2.05, 4.69) is 10.3 Å².